The number of rotatable bonds is 3. The summed E-state index contributed by atoms with van der Waals surface area (Å²) < 4.78 is 6.22. The lowest BCUT2D eigenvalue weighted by Crippen LogP contribution is -2.03. The van der Waals surface area contributed by atoms with Gasteiger partial charge in [0.1, 0.15) is 11.5 Å². The summed E-state index contributed by atoms with van der Waals surface area (Å²) in [6, 6.07) is 9.30. The van der Waals surface area contributed by atoms with Crippen LogP contribution in [-0.2, 0) is 11.3 Å². The van der Waals surface area contributed by atoms with Gasteiger partial charge in [-0.05, 0) is 30.7 Å². The van der Waals surface area contributed by atoms with Crippen molar-refractivity contribution in [1.29, 1.82) is 0 Å². The molecule has 5 heteroatoms. The SMILES string of the molecule is Cc1sc(C(=O)OCc2ccc(Br)cc2)cc1N. The Hall–Kier alpha value is -1.33. The third kappa shape index (κ3) is 3.11. The van der Waals surface area contributed by atoms with Crippen LogP contribution < -0.4 is 5.73 Å². The van der Waals surface area contributed by atoms with Crippen LogP contribution in [0, 0.1) is 6.92 Å². The standard InChI is InChI=1S/C13H12BrNO2S/c1-8-11(15)6-12(18-8)13(16)17-7-9-2-4-10(14)5-3-9/h2-6H,7,15H2,1H3. The van der Waals surface area contributed by atoms with Gasteiger partial charge < -0.3 is 10.5 Å². The fourth-order valence-corrected chi connectivity index (χ4v) is 2.50. The number of thiophene rings is 1. The van der Waals surface area contributed by atoms with Crippen molar-refractivity contribution in [2.24, 2.45) is 0 Å². The van der Waals surface area contributed by atoms with Crippen LogP contribution in [0.5, 0.6) is 0 Å². The van der Waals surface area contributed by atoms with Crippen LogP contribution in [0.4, 0.5) is 5.69 Å². The summed E-state index contributed by atoms with van der Waals surface area (Å²) in [5, 5.41) is 0. The molecule has 1 aromatic heterocycles. The molecule has 0 radical (unpaired) electrons. The molecule has 2 N–H and O–H groups in total. The molecular formula is C13H12BrNO2S. The molecule has 3 nitrogen and oxygen atoms in total. The normalized spacial score (nSPS) is 10.3. The Morgan fingerprint density at radius 2 is 2.06 bits per heavy atom. The smallest absolute Gasteiger partial charge is 0.348 e. The number of nitrogen functional groups attached to an aromatic ring is 1. The van der Waals surface area contributed by atoms with Crippen LogP contribution in [0.2, 0.25) is 0 Å². The zero-order valence-electron chi connectivity index (χ0n) is 9.77. The highest BCUT2D eigenvalue weighted by Crippen LogP contribution is 2.24. The van der Waals surface area contributed by atoms with Crippen molar-refractivity contribution >= 4 is 38.9 Å². The van der Waals surface area contributed by atoms with E-state index in [4.69, 9.17) is 10.5 Å². The summed E-state index contributed by atoms with van der Waals surface area (Å²) >= 11 is 4.71. The minimum Gasteiger partial charge on any atom is -0.457 e. The van der Waals surface area contributed by atoms with E-state index in [1.165, 1.54) is 11.3 Å². The molecule has 0 bridgehead atoms. The van der Waals surface area contributed by atoms with Gasteiger partial charge in [-0.2, -0.15) is 0 Å². The number of hydrogen-bond acceptors (Lipinski definition) is 4. The lowest BCUT2D eigenvalue weighted by molar-refractivity contribution is 0.0478. The first kappa shape index (κ1) is 13.1. The van der Waals surface area contributed by atoms with E-state index in [0.717, 1.165) is 14.9 Å². The van der Waals surface area contributed by atoms with Crippen LogP contribution in [0.15, 0.2) is 34.8 Å². The third-order valence-corrected chi connectivity index (χ3v) is 4.02. The fraction of sp³-hybridized carbons (Fsp3) is 0.154. The largest absolute Gasteiger partial charge is 0.457 e. The Labute approximate surface area is 118 Å². The molecule has 0 atom stereocenters. The molecule has 0 unspecified atom stereocenters. The Morgan fingerprint density at radius 1 is 1.39 bits per heavy atom. The van der Waals surface area contributed by atoms with Crippen molar-refractivity contribution in [3.8, 4) is 0 Å². The van der Waals surface area contributed by atoms with Crippen LogP contribution >= 0.6 is 27.3 Å². The maximum Gasteiger partial charge on any atom is 0.348 e. The summed E-state index contributed by atoms with van der Waals surface area (Å²) in [6.07, 6.45) is 0. The van der Waals surface area contributed by atoms with E-state index in [9.17, 15) is 4.79 Å². The van der Waals surface area contributed by atoms with E-state index >= 15 is 0 Å². The summed E-state index contributed by atoms with van der Waals surface area (Å²) in [6.45, 7) is 2.15. The number of anilines is 1. The van der Waals surface area contributed by atoms with E-state index in [2.05, 4.69) is 15.9 Å². The van der Waals surface area contributed by atoms with Crippen LogP contribution in [-0.4, -0.2) is 5.97 Å². The summed E-state index contributed by atoms with van der Waals surface area (Å²) in [5.74, 6) is -0.331. The fourth-order valence-electron chi connectivity index (χ4n) is 1.40. The highest BCUT2D eigenvalue weighted by atomic mass is 79.9. The minimum atomic E-state index is -0.331. The van der Waals surface area contributed by atoms with Crippen molar-refractivity contribution in [1.82, 2.24) is 0 Å². The maximum absolute atomic E-state index is 11.8. The number of ether oxygens (including phenoxy) is 1. The topological polar surface area (TPSA) is 52.3 Å². The summed E-state index contributed by atoms with van der Waals surface area (Å²) in [5.41, 5.74) is 7.29. The first-order valence-corrected chi connectivity index (χ1v) is 6.94. The highest BCUT2D eigenvalue weighted by molar-refractivity contribution is 9.10. The molecule has 0 fully saturated rings. The van der Waals surface area contributed by atoms with Gasteiger partial charge in [0.05, 0.1) is 0 Å². The second kappa shape index (κ2) is 5.54. The number of carbonyl (C=O) groups is 1. The molecule has 2 rings (SSSR count). The highest BCUT2D eigenvalue weighted by Gasteiger charge is 2.12. The van der Waals surface area contributed by atoms with Crippen molar-refractivity contribution in [2.45, 2.75) is 13.5 Å². The Morgan fingerprint density at radius 3 is 2.61 bits per heavy atom. The van der Waals surface area contributed by atoms with E-state index in [1.807, 2.05) is 31.2 Å². The molecule has 1 aromatic carbocycles. The van der Waals surface area contributed by atoms with Crippen LogP contribution in [0.25, 0.3) is 0 Å². The van der Waals surface area contributed by atoms with Gasteiger partial charge in [0.15, 0.2) is 0 Å². The number of nitrogens with two attached hydrogens (primary N) is 1. The molecule has 0 saturated carbocycles. The minimum absolute atomic E-state index is 0.267. The van der Waals surface area contributed by atoms with Crippen molar-refractivity contribution in [3.63, 3.8) is 0 Å². The van der Waals surface area contributed by atoms with Crippen molar-refractivity contribution in [3.05, 3.63) is 50.1 Å². The van der Waals surface area contributed by atoms with Gasteiger partial charge >= 0.3 is 5.97 Å². The van der Waals surface area contributed by atoms with Crippen molar-refractivity contribution in [2.75, 3.05) is 5.73 Å². The predicted octanol–water partition coefficient (Wildman–Crippen LogP) is 3.76. The lowest BCUT2D eigenvalue weighted by atomic mass is 10.2. The quantitative estimate of drug-likeness (QED) is 0.874. The zero-order chi connectivity index (χ0) is 13.1. The van der Waals surface area contributed by atoms with Gasteiger partial charge in [-0.25, -0.2) is 4.79 Å². The molecule has 94 valence electrons. The summed E-state index contributed by atoms with van der Waals surface area (Å²) in [7, 11) is 0. The first-order valence-electron chi connectivity index (χ1n) is 5.34. The van der Waals surface area contributed by atoms with Gasteiger partial charge in [-0.1, -0.05) is 28.1 Å². The average Bonchev–Trinajstić information content (AvgIpc) is 2.69. The number of halogens is 1. The molecule has 0 amide bonds. The lowest BCUT2D eigenvalue weighted by Gasteiger charge is -2.03. The second-order valence-electron chi connectivity index (χ2n) is 3.82. The Balaban J connectivity index is 1.98. The van der Waals surface area contributed by atoms with Gasteiger partial charge in [0, 0.05) is 15.0 Å². The van der Waals surface area contributed by atoms with Crippen LogP contribution in [0.3, 0.4) is 0 Å². The van der Waals surface area contributed by atoms with Gasteiger partial charge in [-0.3, -0.25) is 0 Å². The van der Waals surface area contributed by atoms with Gasteiger partial charge in [0.2, 0.25) is 0 Å². The molecule has 0 aliphatic rings. The molecule has 18 heavy (non-hydrogen) atoms. The van der Waals surface area contributed by atoms with E-state index in [1.54, 1.807) is 6.07 Å². The average molecular weight is 326 g/mol. The molecule has 0 aliphatic heterocycles. The Kier molecular flexibility index (Phi) is 4.04. The number of aryl methyl sites for hydroxylation is 1. The maximum atomic E-state index is 11.8. The van der Waals surface area contributed by atoms with E-state index < -0.39 is 0 Å². The molecule has 0 spiro atoms. The number of esters is 1. The summed E-state index contributed by atoms with van der Waals surface area (Å²) in [4.78, 5) is 13.3. The monoisotopic (exact) mass is 325 g/mol. The predicted molar refractivity (Wildman–Crippen MR) is 76.7 cm³/mol. The van der Waals surface area contributed by atoms with Gasteiger partial charge in [-0.15, -0.1) is 11.3 Å². The molecule has 0 aliphatic carbocycles. The zero-order valence-corrected chi connectivity index (χ0v) is 12.2. The number of hydrogen-bond donors (Lipinski definition) is 1. The van der Waals surface area contributed by atoms with Crippen molar-refractivity contribution < 1.29 is 9.53 Å². The second-order valence-corrected chi connectivity index (χ2v) is 6.00. The van der Waals surface area contributed by atoms with E-state index in [0.29, 0.717) is 10.6 Å². The first-order chi connectivity index (χ1) is 8.56. The molecular weight excluding hydrogens is 314 g/mol. The van der Waals surface area contributed by atoms with Gasteiger partial charge in [0.25, 0.3) is 0 Å². The molecule has 2 aromatic rings. The van der Waals surface area contributed by atoms with Crippen LogP contribution in [0.1, 0.15) is 20.1 Å². The number of carbonyl (C=O) groups excluding carboxylic acids is 1. The number of benzene rings is 1. The van der Waals surface area contributed by atoms with E-state index in [-0.39, 0.29) is 12.6 Å². The Bertz CT molecular complexity index is 543. The third-order valence-electron chi connectivity index (χ3n) is 2.44. The molecule has 0 saturated heterocycles. The molecule has 1 heterocycles.